The van der Waals surface area contributed by atoms with Crippen molar-refractivity contribution in [1.29, 1.82) is 0 Å². The van der Waals surface area contributed by atoms with Crippen LogP contribution in [0.5, 0.6) is 11.5 Å². The Morgan fingerprint density at radius 1 is 1.32 bits per heavy atom. The molecule has 7 heteroatoms. The molecule has 5 nitrogen and oxygen atoms in total. The van der Waals surface area contributed by atoms with Crippen molar-refractivity contribution in [1.82, 2.24) is 4.98 Å². The first-order valence-electron chi connectivity index (χ1n) is 5.29. The van der Waals surface area contributed by atoms with E-state index >= 15 is 0 Å². The first kappa shape index (κ1) is 13.8. The second-order valence-corrected chi connectivity index (χ2v) is 6.41. The maximum atomic E-state index is 11.1. The van der Waals surface area contributed by atoms with Gasteiger partial charge in [0, 0.05) is 11.9 Å². The number of hydrogen-bond acceptors (Lipinski definition) is 4. The Morgan fingerprint density at radius 2 is 2.11 bits per heavy atom. The van der Waals surface area contributed by atoms with Gasteiger partial charge in [-0.05, 0) is 46.3 Å². The average Bonchev–Trinajstić information content (AvgIpc) is 2.32. The fraction of sp³-hybridized carbons (Fsp3) is 0.0833. The Labute approximate surface area is 119 Å². The molecule has 2 aromatic rings. The predicted molar refractivity (Wildman–Crippen MR) is 76.9 cm³/mol. The second-order valence-electron chi connectivity index (χ2n) is 3.81. The van der Waals surface area contributed by atoms with Crippen LogP contribution in [0.2, 0.25) is 0 Å². The SMILES string of the molecule is CS(=O)(=O)Nc1ccc(Oc2cccnc2)c(Br)c1. The molecule has 0 unspecified atom stereocenters. The van der Waals surface area contributed by atoms with Crippen molar-refractivity contribution in [3.05, 3.63) is 47.2 Å². The standard InChI is InChI=1S/C12H11BrN2O3S/c1-19(16,17)15-9-4-5-12(11(13)7-9)18-10-3-2-6-14-8-10/h2-8,15H,1H3. The lowest BCUT2D eigenvalue weighted by Crippen LogP contribution is -2.09. The van der Waals surface area contributed by atoms with Gasteiger partial charge in [0.2, 0.25) is 10.0 Å². The fourth-order valence-electron chi connectivity index (χ4n) is 1.40. The summed E-state index contributed by atoms with van der Waals surface area (Å²) in [6.07, 6.45) is 4.34. The van der Waals surface area contributed by atoms with E-state index in [1.165, 1.54) is 0 Å². The quantitative estimate of drug-likeness (QED) is 0.927. The normalized spacial score (nSPS) is 11.1. The highest BCUT2D eigenvalue weighted by molar-refractivity contribution is 9.10. The van der Waals surface area contributed by atoms with E-state index in [2.05, 4.69) is 25.6 Å². The van der Waals surface area contributed by atoms with Crippen LogP contribution in [0.15, 0.2) is 47.2 Å². The largest absolute Gasteiger partial charge is 0.455 e. The number of sulfonamides is 1. The van der Waals surface area contributed by atoms with Gasteiger partial charge in [-0.25, -0.2) is 8.42 Å². The first-order valence-corrected chi connectivity index (χ1v) is 7.98. The molecule has 1 N–H and O–H groups in total. The zero-order valence-corrected chi connectivity index (χ0v) is 12.4. The third-order valence-electron chi connectivity index (χ3n) is 2.10. The third kappa shape index (κ3) is 4.22. The number of hydrogen-bond donors (Lipinski definition) is 1. The molecule has 100 valence electrons. The molecule has 2 rings (SSSR count). The minimum Gasteiger partial charge on any atom is -0.455 e. The summed E-state index contributed by atoms with van der Waals surface area (Å²) in [7, 11) is -3.29. The highest BCUT2D eigenvalue weighted by Gasteiger charge is 2.07. The van der Waals surface area contributed by atoms with E-state index in [4.69, 9.17) is 4.74 Å². The molecular formula is C12H11BrN2O3S. The summed E-state index contributed by atoms with van der Waals surface area (Å²) in [6, 6.07) is 8.47. The predicted octanol–water partition coefficient (Wildman–Crippen LogP) is 3.01. The Morgan fingerprint density at radius 3 is 2.68 bits per heavy atom. The van der Waals surface area contributed by atoms with Crippen molar-refractivity contribution < 1.29 is 13.2 Å². The molecule has 0 aliphatic heterocycles. The molecule has 1 aromatic heterocycles. The molecular weight excluding hydrogens is 332 g/mol. The van der Waals surface area contributed by atoms with E-state index in [1.54, 1.807) is 42.7 Å². The summed E-state index contributed by atoms with van der Waals surface area (Å²) in [4.78, 5) is 3.94. The van der Waals surface area contributed by atoms with Crippen molar-refractivity contribution in [3.63, 3.8) is 0 Å². The Kier molecular flexibility index (Phi) is 4.06. The van der Waals surface area contributed by atoms with Gasteiger partial charge in [0.25, 0.3) is 0 Å². The van der Waals surface area contributed by atoms with Crippen LogP contribution in [-0.4, -0.2) is 19.7 Å². The molecule has 0 saturated carbocycles. The number of nitrogens with zero attached hydrogens (tertiary/aromatic N) is 1. The summed E-state index contributed by atoms with van der Waals surface area (Å²) in [5.41, 5.74) is 0.466. The molecule has 0 spiro atoms. The molecule has 0 saturated heterocycles. The molecule has 0 aliphatic rings. The molecule has 0 aliphatic carbocycles. The van der Waals surface area contributed by atoms with Crippen LogP contribution >= 0.6 is 15.9 Å². The maximum absolute atomic E-state index is 11.1. The van der Waals surface area contributed by atoms with Gasteiger partial charge in [-0.15, -0.1) is 0 Å². The monoisotopic (exact) mass is 342 g/mol. The second kappa shape index (κ2) is 5.58. The highest BCUT2D eigenvalue weighted by atomic mass is 79.9. The lowest BCUT2D eigenvalue weighted by molar-refractivity contribution is 0.477. The summed E-state index contributed by atoms with van der Waals surface area (Å²) in [5, 5.41) is 0. The van der Waals surface area contributed by atoms with Crippen LogP contribution in [0.3, 0.4) is 0 Å². The zero-order valence-electron chi connectivity index (χ0n) is 10.00. The third-order valence-corrected chi connectivity index (χ3v) is 3.32. The van der Waals surface area contributed by atoms with Crippen LogP contribution in [0.4, 0.5) is 5.69 Å². The number of rotatable bonds is 4. The number of anilines is 1. The summed E-state index contributed by atoms with van der Waals surface area (Å²) < 4.78 is 30.9. The lowest BCUT2D eigenvalue weighted by Gasteiger charge is -2.09. The maximum Gasteiger partial charge on any atom is 0.229 e. The number of pyridine rings is 1. The van der Waals surface area contributed by atoms with Crippen molar-refractivity contribution >= 4 is 31.6 Å². The van der Waals surface area contributed by atoms with Gasteiger partial charge in [-0.3, -0.25) is 9.71 Å². The van der Waals surface area contributed by atoms with Crippen molar-refractivity contribution in [3.8, 4) is 11.5 Å². The van der Waals surface area contributed by atoms with Gasteiger partial charge >= 0.3 is 0 Å². The van der Waals surface area contributed by atoms with Crippen molar-refractivity contribution in [2.75, 3.05) is 11.0 Å². The number of benzene rings is 1. The van der Waals surface area contributed by atoms with Crippen molar-refractivity contribution in [2.24, 2.45) is 0 Å². The molecule has 0 fully saturated rings. The van der Waals surface area contributed by atoms with E-state index in [-0.39, 0.29) is 0 Å². The average molecular weight is 343 g/mol. The van der Waals surface area contributed by atoms with Gasteiger partial charge < -0.3 is 4.74 Å². The summed E-state index contributed by atoms with van der Waals surface area (Å²) in [6.45, 7) is 0. The van der Waals surface area contributed by atoms with E-state index < -0.39 is 10.0 Å². The van der Waals surface area contributed by atoms with E-state index in [1.807, 2.05) is 0 Å². The lowest BCUT2D eigenvalue weighted by atomic mass is 10.3. The highest BCUT2D eigenvalue weighted by Crippen LogP contribution is 2.31. The van der Waals surface area contributed by atoms with Gasteiger partial charge in [0.1, 0.15) is 11.5 Å². The molecule has 0 bridgehead atoms. The number of aromatic nitrogens is 1. The zero-order chi connectivity index (χ0) is 13.9. The molecule has 1 aromatic carbocycles. The van der Waals surface area contributed by atoms with Crippen LogP contribution in [0.25, 0.3) is 0 Å². The van der Waals surface area contributed by atoms with Crippen LogP contribution in [0, 0.1) is 0 Å². The summed E-state index contributed by atoms with van der Waals surface area (Å²) in [5.74, 6) is 1.18. The van der Waals surface area contributed by atoms with Gasteiger partial charge in [0.05, 0.1) is 16.9 Å². The van der Waals surface area contributed by atoms with Crippen LogP contribution in [-0.2, 0) is 10.0 Å². The minimum atomic E-state index is -3.29. The first-order chi connectivity index (χ1) is 8.94. The smallest absolute Gasteiger partial charge is 0.229 e. The number of halogens is 1. The van der Waals surface area contributed by atoms with Gasteiger partial charge in [-0.2, -0.15) is 0 Å². The minimum absolute atomic E-state index is 0.466. The fourth-order valence-corrected chi connectivity index (χ4v) is 2.41. The molecule has 0 atom stereocenters. The van der Waals surface area contributed by atoms with Gasteiger partial charge in [-0.1, -0.05) is 0 Å². The summed E-state index contributed by atoms with van der Waals surface area (Å²) >= 11 is 3.33. The van der Waals surface area contributed by atoms with Crippen molar-refractivity contribution in [2.45, 2.75) is 0 Å². The van der Waals surface area contributed by atoms with E-state index in [9.17, 15) is 8.42 Å². The van der Waals surface area contributed by atoms with Crippen LogP contribution in [0.1, 0.15) is 0 Å². The van der Waals surface area contributed by atoms with Gasteiger partial charge in [0.15, 0.2) is 0 Å². The Bertz CT molecular complexity index is 675. The number of ether oxygens (including phenoxy) is 1. The van der Waals surface area contributed by atoms with Crippen LogP contribution < -0.4 is 9.46 Å². The molecule has 0 radical (unpaired) electrons. The molecule has 1 heterocycles. The molecule has 0 amide bonds. The Balaban J connectivity index is 2.20. The Hall–Kier alpha value is -1.60. The van der Waals surface area contributed by atoms with E-state index in [0.29, 0.717) is 21.7 Å². The molecule has 19 heavy (non-hydrogen) atoms. The van der Waals surface area contributed by atoms with E-state index in [0.717, 1.165) is 6.26 Å². The topological polar surface area (TPSA) is 68.3 Å². The number of nitrogens with one attached hydrogen (secondary N) is 1.